The van der Waals surface area contributed by atoms with Crippen molar-refractivity contribution in [1.29, 1.82) is 0 Å². The van der Waals surface area contributed by atoms with E-state index in [1.165, 1.54) is 6.07 Å². The molecule has 0 atom stereocenters. The molecule has 0 amide bonds. The van der Waals surface area contributed by atoms with Crippen molar-refractivity contribution >= 4 is 22.4 Å². The molecule has 0 bridgehead atoms. The fourth-order valence-corrected chi connectivity index (χ4v) is 1.81. The predicted octanol–water partition coefficient (Wildman–Crippen LogP) is 2.53. The van der Waals surface area contributed by atoms with Crippen LogP contribution >= 0.6 is 0 Å². The molecule has 5 heteroatoms. The minimum Gasteiger partial charge on any atom is -0.340 e. The number of carbonyl (C=O) groups excluding carboxylic acids is 1. The molecule has 0 aliphatic heterocycles. The Morgan fingerprint density at radius 3 is 2.82 bits per heavy atom. The monoisotopic (exact) mass is 232 g/mol. The first-order valence-electron chi connectivity index (χ1n) is 5.37. The van der Waals surface area contributed by atoms with Crippen LogP contribution in [0.3, 0.4) is 0 Å². The van der Waals surface area contributed by atoms with Crippen molar-refractivity contribution in [3.05, 3.63) is 40.6 Å². The highest BCUT2D eigenvalue weighted by molar-refractivity contribution is 5.90. The molecule has 0 fully saturated rings. The van der Waals surface area contributed by atoms with Gasteiger partial charge in [0.05, 0.1) is 22.4 Å². The van der Waals surface area contributed by atoms with Gasteiger partial charge < -0.3 is 4.57 Å². The third kappa shape index (κ3) is 2.04. The number of fused-ring (bicyclic) bond motifs is 1. The number of ketones is 1. The molecule has 1 heterocycles. The second-order valence-electron chi connectivity index (χ2n) is 3.80. The number of non-ortho nitro benzene ring substituents is 1. The number of rotatable bonds is 4. The molecule has 5 nitrogen and oxygen atoms in total. The molecule has 2 rings (SSSR count). The van der Waals surface area contributed by atoms with Crippen LogP contribution in [0.2, 0.25) is 0 Å². The molecule has 0 saturated heterocycles. The van der Waals surface area contributed by atoms with Crippen LogP contribution in [0.25, 0.3) is 10.9 Å². The van der Waals surface area contributed by atoms with Gasteiger partial charge in [0.1, 0.15) is 0 Å². The van der Waals surface area contributed by atoms with Gasteiger partial charge in [-0.25, -0.2) is 0 Å². The van der Waals surface area contributed by atoms with Gasteiger partial charge in [-0.2, -0.15) is 0 Å². The molecule has 1 aromatic carbocycles. The highest BCUT2D eigenvalue weighted by Gasteiger charge is 2.14. The number of nitrogens with zero attached hydrogens (tertiary/aromatic N) is 2. The molecule has 2 aromatic rings. The topological polar surface area (TPSA) is 65.1 Å². The summed E-state index contributed by atoms with van der Waals surface area (Å²) in [5, 5.41) is 11.4. The van der Waals surface area contributed by atoms with E-state index in [0.29, 0.717) is 11.8 Å². The van der Waals surface area contributed by atoms with Gasteiger partial charge in [-0.15, -0.1) is 0 Å². The van der Waals surface area contributed by atoms with Gasteiger partial charge in [-0.1, -0.05) is 13.0 Å². The number of nitro benzene ring substituents is 1. The maximum Gasteiger partial charge on any atom is 0.278 e. The van der Waals surface area contributed by atoms with Crippen LogP contribution in [0.4, 0.5) is 5.69 Å². The number of hydrogen-bond donors (Lipinski definition) is 0. The van der Waals surface area contributed by atoms with Crippen molar-refractivity contribution in [2.45, 2.75) is 19.9 Å². The lowest BCUT2D eigenvalue weighted by molar-refractivity contribution is -0.383. The van der Waals surface area contributed by atoms with Crippen molar-refractivity contribution < 1.29 is 9.72 Å². The summed E-state index contributed by atoms with van der Waals surface area (Å²) >= 11 is 0. The van der Waals surface area contributed by atoms with E-state index in [1.807, 2.05) is 0 Å². The zero-order valence-corrected chi connectivity index (χ0v) is 9.42. The number of benzene rings is 1. The number of hydrogen-bond acceptors (Lipinski definition) is 3. The van der Waals surface area contributed by atoms with Crippen molar-refractivity contribution in [1.82, 2.24) is 4.57 Å². The van der Waals surface area contributed by atoms with Gasteiger partial charge >= 0.3 is 0 Å². The van der Waals surface area contributed by atoms with Crippen LogP contribution in [0.1, 0.15) is 13.3 Å². The maximum atomic E-state index is 11.4. The van der Waals surface area contributed by atoms with Crippen molar-refractivity contribution in [3.8, 4) is 0 Å². The molecule has 0 aliphatic rings. The number of aromatic nitrogens is 1. The lowest BCUT2D eigenvalue weighted by Crippen LogP contribution is -2.07. The highest BCUT2D eigenvalue weighted by atomic mass is 16.6. The van der Waals surface area contributed by atoms with E-state index in [0.717, 1.165) is 5.52 Å². The smallest absolute Gasteiger partial charge is 0.278 e. The lowest BCUT2D eigenvalue weighted by atomic mass is 10.2. The summed E-state index contributed by atoms with van der Waals surface area (Å²) < 4.78 is 1.74. The number of Topliss-reactive ketones (excluding diaryl/α,β-unsaturated/α-hetero) is 1. The maximum absolute atomic E-state index is 11.4. The SMILES string of the molecule is CCC(=O)Cn1ccc2c([N+](=O)[O-])cccc21. The van der Waals surface area contributed by atoms with Crippen molar-refractivity contribution in [3.63, 3.8) is 0 Å². The summed E-state index contributed by atoms with van der Waals surface area (Å²) in [6.45, 7) is 2.07. The third-order valence-corrected chi connectivity index (χ3v) is 2.73. The van der Waals surface area contributed by atoms with Crippen LogP contribution in [0, 0.1) is 10.1 Å². The molecule has 88 valence electrons. The Balaban J connectivity index is 2.51. The molecule has 1 aromatic heterocycles. The fraction of sp³-hybridized carbons (Fsp3) is 0.250. The molecule has 0 unspecified atom stereocenters. The minimum absolute atomic E-state index is 0.0743. The van der Waals surface area contributed by atoms with Crippen molar-refractivity contribution in [2.75, 3.05) is 0 Å². The lowest BCUT2D eigenvalue weighted by Gasteiger charge is -2.03. The van der Waals surface area contributed by atoms with E-state index in [4.69, 9.17) is 0 Å². The van der Waals surface area contributed by atoms with E-state index in [9.17, 15) is 14.9 Å². The molecule has 0 saturated carbocycles. The molecular weight excluding hydrogens is 220 g/mol. The van der Waals surface area contributed by atoms with Gasteiger partial charge in [0.15, 0.2) is 5.78 Å². The minimum atomic E-state index is -0.408. The average molecular weight is 232 g/mol. The highest BCUT2D eigenvalue weighted by Crippen LogP contribution is 2.26. The molecule has 17 heavy (non-hydrogen) atoms. The largest absolute Gasteiger partial charge is 0.340 e. The van der Waals surface area contributed by atoms with Gasteiger partial charge in [0.25, 0.3) is 5.69 Å². The van der Waals surface area contributed by atoms with Crippen LogP contribution in [-0.4, -0.2) is 15.3 Å². The zero-order valence-electron chi connectivity index (χ0n) is 9.42. The quantitative estimate of drug-likeness (QED) is 0.601. The normalized spacial score (nSPS) is 10.6. The van der Waals surface area contributed by atoms with E-state index in [2.05, 4.69) is 0 Å². The van der Waals surface area contributed by atoms with E-state index in [-0.39, 0.29) is 18.0 Å². The average Bonchev–Trinajstić information content (AvgIpc) is 2.72. The Kier molecular flexibility index (Phi) is 2.91. The Labute approximate surface area is 97.8 Å². The summed E-state index contributed by atoms with van der Waals surface area (Å²) in [6, 6.07) is 6.56. The summed E-state index contributed by atoms with van der Waals surface area (Å²) in [4.78, 5) is 21.8. The number of nitro groups is 1. The second kappa shape index (κ2) is 4.37. The van der Waals surface area contributed by atoms with Crippen LogP contribution in [0.5, 0.6) is 0 Å². The summed E-state index contributed by atoms with van der Waals surface area (Å²) in [5.41, 5.74) is 0.797. The van der Waals surface area contributed by atoms with Gasteiger partial charge in [-0.05, 0) is 12.1 Å². The van der Waals surface area contributed by atoms with Crippen LogP contribution in [0.15, 0.2) is 30.5 Å². The first-order chi connectivity index (χ1) is 8.13. The standard InChI is InChI=1S/C12H12N2O3/c1-2-9(15)8-13-7-6-10-11(13)4-3-5-12(10)14(16)17/h3-7H,2,8H2,1H3. The van der Waals surface area contributed by atoms with Crippen LogP contribution < -0.4 is 0 Å². The molecule has 0 radical (unpaired) electrons. The van der Waals surface area contributed by atoms with Crippen LogP contribution in [-0.2, 0) is 11.3 Å². The fourth-order valence-electron chi connectivity index (χ4n) is 1.81. The van der Waals surface area contributed by atoms with E-state index in [1.54, 1.807) is 35.9 Å². The first-order valence-corrected chi connectivity index (χ1v) is 5.37. The molecule has 0 spiro atoms. The van der Waals surface area contributed by atoms with Gasteiger partial charge in [0.2, 0.25) is 0 Å². The Morgan fingerprint density at radius 2 is 2.18 bits per heavy atom. The van der Waals surface area contributed by atoms with Crippen molar-refractivity contribution in [2.24, 2.45) is 0 Å². The third-order valence-electron chi connectivity index (χ3n) is 2.73. The summed E-state index contributed by atoms with van der Waals surface area (Å²) in [6.07, 6.45) is 2.18. The van der Waals surface area contributed by atoms with Gasteiger partial charge in [-0.3, -0.25) is 14.9 Å². The Hall–Kier alpha value is -2.17. The second-order valence-corrected chi connectivity index (χ2v) is 3.80. The van der Waals surface area contributed by atoms with Gasteiger partial charge in [0, 0.05) is 18.7 Å². The molecule has 0 aliphatic carbocycles. The summed E-state index contributed by atoms with van der Waals surface area (Å²) in [5.74, 6) is 0.106. The predicted molar refractivity (Wildman–Crippen MR) is 63.9 cm³/mol. The number of carbonyl (C=O) groups is 1. The Morgan fingerprint density at radius 1 is 1.41 bits per heavy atom. The molecule has 0 N–H and O–H groups in total. The summed E-state index contributed by atoms with van der Waals surface area (Å²) in [7, 11) is 0. The zero-order chi connectivity index (χ0) is 12.4. The first kappa shape index (κ1) is 11.3. The Bertz CT molecular complexity index is 586. The van der Waals surface area contributed by atoms with E-state index >= 15 is 0 Å². The molecular formula is C12H12N2O3. The van der Waals surface area contributed by atoms with E-state index < -0.39 is 4.92 Å².